The summed E-state index contributed by atoms with van der Waals surface area (Å²) in [6, 6.07) is 6.31. The summed E-state index contributed by atoms with van der Waals surface area (Å²) in [6.07, 6.45) is 5.10. The molecule has 3 aromatic rings. The lowest BCUT2D eigenvalue weighted by Crippen LogP contribution is -2.36. The van der Waals surface area contributed by atoms with E-state index >= 15 is 0 Å². The quantitative estimate of drug-likeness (QED) is 0.605. The molecule has 1 atom stereocenters. The van der Waals surface area contributed by atoms with Crippen molar-refractivity contribution in [1.29, 1.82) is 0 Å². The standard InChI is InChI=1S/C20H21FN6O3/c1-28-19-24-18(25-20(26-19)29-2)27-8-4-5-13(12-27)16-10-22-11-17(23-16)30-15-7-3-6-14(21)9-15/h3,6-7,9-11,13H,4-5,8,12H2,1-2H3. The number of aromatic nitrogens is 5. The Bertz CT molecular complexity index is 999. The van der Waals surface area contributed by atoms with Crippen molar-refractivity contribution in [2.75, 3.05) is 32.2 Å². The fraction of sp³-hybridized carbons (Fsp3) is 0.350. The summed E-state index contributed by atoms with van der Waals surface area (Å²) in [5, 5.41) is 0. The Hall–Kier alpha value is -3.56. The molecular weight excluding hydrogens is 391 g/mol. The molecule has 0 radical (unpaired) electrons. The fourth-order valence-electron chi connectivity index (χ4n) is 3.31. The van der Waals surface area contributed by atoms with E-state index in [9.17, 15) is 4.39 Å². The van der Waals surface area contributed by atoms with Gasteiger partial charge in [-0.25, -0.2) is 9.37 Å². The van der Waals surface area contributed by atoms with Crippen molar-refractivity contribution in [2.24, 2.45) is 0 Å². The van der Waals surface area contributed by atoms with Gasteiger partial charge in [-0.2, -0.15) is 9.97 Å². The predicted molar refractivity (Wildman–Crippen MR) is 106 cm³/mol. The SMILES string of the molecule is COc1nc(OC)nc(N2CCCC(c3cncc(Oc4cccc(F)c4)n3)C2)n1. The van der Waals surface area contributed by atoms with Crippen molar-refractivity contribution >= 4 is 5.95 Å². The van der Waals surface area contributed by atoms with Gasteiger partial charge in [0.2, 0.25) is 11.8 Å². The van der Waals surface area contributed by atoms with Crippen LogP contribution in [-0.4, -0.2) is 52.2 Å². The highest BCUT2D eigenvalue weighted by molar-refractivity contribution is 5.35. The molecular formula is C20H21FN6O3. The minimum Gasteiger partial charge on any atom is -0.467 e. The smallest absolute Gasteiger partial charge is 0.324 e. The van der Waals surface area contributed by atoms with Crippen molar-refractivity contribution in [1.82, 2.24) is 24.9 Å². The van der Waals surface area contributed by atoms with Crippen LogP contribution in [0.4, 0.5) is 10.3 Å². The molecule has 1 aromatic carbocycles. The number of rotatable bonds is 6. The van der Waals surface area contributed by atoms with Crippen LogP contribution in [-0.2, 0) is 0 Å². The second-order valence-electron chi connectivity index (χ2n) is 6.74. The van der Waals surface area contributed by atoms with Crippen LogP contribution in [0.1, 0.15) is 24.5 Å². The van der Waals surface area contributed by atoms with E-state index in [4.69, 9.17) is 14.2 Å². The van der Waals surface area contributed by atoms with Gasteiger partial charge in [-0.1, -0.05) is 6.07 Å². The maximum Gasteiger partial charge on any atom is 0.324 e. The van der Waals surface area contributed by atoms with E-state index in [1.165, 1.54) is 32.5 Å². The van der Waals surface area contributed by atoms with Gasteiger partial charge in [0.25, 0.3) is 0 Å². The summed E-state index contributed by atoms with van der Waals surface area (Å²) in [7, 11) is 2.99. The van der Waals surface area contributed by atoms with E-state index in [0.717, 1.165) is 25.1 Å². The van der Waals surface area contributed by atoms with Crippen LogP contribution in [0.3, 0.4) is 0 Å². The number of benzene rings is 1. The molecule has 4 rings (SSSR count). The topological polar surface area (TPSA) is 95.4 Å². The molecule has 0 amide bonds. The van der Waals surface area contributed by atoms with E-state index in [1.54, 1.807) is 18.3 Å². The van der Waals surface area contributed by atoms with Gasteiger partial charge in [0.05, 0.1) is 26.1 Å². The average Bonchev–Trinajstić information content (AvgIpc) is 2.79. The zero-order valence-electron chi connectivity index (χ0n) is 16.7. The maximum absolute atomic E-state index is 13.4. The summed E-state index contributed by atoms with van der Waals surface area (Å²) < 4.78 is 29.4. The molecule has 0 bridgehead atoms. The molecule has 156 valence electrons. The number of ether oxygens (including phenoxy) is 3. The summed E-state index contributed by atoms with van der Waals surface area (Å²) >= 11 is 0. The van der Waals surface area contributed by atoms with Crippen molar-refractivity contribution in [3.8, 4) is 23.7 Å². The minimum atomic E-state index is -0.372. The Morgan fingerprint density at radius 2 is 1.83 bits per heavy atom. The number of piperidine rings is 1. The molecule has 1 saturated heterocycles. The Balaban J connectivity index is 1.52. The number of nitrogens with zero attached hydrogens (tertiary/aromatic N) is 6. The van der Waals surface area contributed by atoms with E-state index < -0.39 is 0 Å². The Kier molecular flexibility index (Phi) is 5.82. The zero-order valence-corrected chi connectivity index (χ0v) is 16.7. The first kappa shape index (κ1) is 19.7. The van der Waals surface area contributed by atoms with Crippen LogP contribution in [0, 0.1) is 5.82 Å². The monoisotopic (exact) mass is 412 g/mol. The lowest BCUT2D eigenvalue weighted by molar-refractivity contribution is 0.338. The molecule has 1 fully saturated rings. The summed E-state index contributed by atoms with van der Waals surface area (Å²) in [6.45, 7) is 1.44. The van der Waals surface area contributed by atoms with Crippen LogP contribution in [0.25, 0.3) is 0 Å². The lowest BCUT2D eigenvalue weighted by atomic mass is 9.95. The lowest BCUT2D eigenvalue weighted by Gasteiger charge is -2.32. The summed E-state index contributed by atoms with van der Waals surface area (Å²) in [5.74, 6) is 0.914. The van der Waals surface area contributed by atoms with Crippen LogP contribution < -0.4 is 19.1 Å². The fourth-order valence-corrected chi connectivity index (χ4v) is 3.31. The Morgan fingerprint density at radius 3 is 2.57 bits per heavy atom. The normalized spacial score (nSPS) is 16.2. The first-order valence-corrected chi connectivity index (χ1v) is 9.49. The summed E-state index contributed by atoms with van der Waals surface area (Å²) in [5.41, 5.74) is 0.793. The molecule has 0 aliphatic carbocycles. The molecule has 0 N–H and O–H groups in total. The van der Waals surface area contributed by atoms with Crippen molar-refractivity contribution in [2.45, 2.75) is 18.8 Å². The Morgan fingerprint density at radius 1 is 1.03 bits per heavy atom. The van der Waals surface area contributed by atoms with Crippen LogP contribution in [0.2, 0.25) is 0 Å². The molecule has 0 spiro atoms. The van der Waals surface area contributed by atoms with E-state index in [0.29, 0.717) is 24.1 Å². The molecule has 9 nitrogen and oxygen atoms in total. The van der Waals surface area contributed by atoms with E-state index in [1.807, 2.05) is 4.90 Å². The highest BCUT2D eigenvalue weighted by Crippen LogP contribution is 2.30. The van der Waals surface area contributed by atoms with Crippen LogP contribution >= 0.6 is 0 Å². The van der Waals surface area contributed by atoms with Gasteiger partial charge in [0.15, 0.2) is 0 Å². The molecule has 0 saturated carbocycles. The third-order valence-corrected chi connectivity index (χ3v) is 4.72. The maximum atomic E-state index is 13.4. The van der Waals surface area contributed by atoms with Gasteiger partial charge >= 0.3 is 12.0 Å². The van der Waals surface area contributed by atoms with Gasteiger partial charge < -0.3 is 19.1 Å². The minimum absolute atomic E-state index is 0.107. The molecule has 1 aliphatic rings. The number of methoxy groups -OCH3 is 2. The summed E-state index contributed by atoms with van der Waals surface area (Å²) in [4.78, 5) is 23.6. The van der Waals surface area contributed by atoms with E-state index in [-0.39, 0.29) is 23.8 Å². The number of anilines is 1. The third kappa shape index (κ3) is 4.53. The highest BCUT2D eigenvalue weighted by atomic mass is 19.1. The average molecular weight is 412 g/mol. The van der Waals surface area contributed by atoms with Gasteiger partial charge in [-0.3, -0.25) is 4.98 Å². The van der Waals surface area contributed by atoms with Crippen LogP contribution in [0.15, 0.2) is 36.7 Å². The highest BCUT2D eigenvalue weighted by Gasteiger charge is 2.26. The van der Waals surface area contributed by atoms with Crippen molar-refractivity contribution in [3.63, 3.8) is 0 Å². The molecule has 10 heteroatoms. The number of hydrogen-bond donors (Lipinski definition) is 0. The van der Waals surface area contributed by atoms with E-state index in [2.05, 4.69) is 24.9 Å². The largest absolute Gasteiger partial charge is 0.467 e. The predicted octanol–water partition coefficient (Wildman–Crippen LogP) is 2.99. The van der Waals surface area contributed by atoms with Gasteiger partial charge in [0.1, 0.15) is 11.6 Å². The van der Waals surface area contributed by atoms with Gasteiger partial charge in [-0.05, 0) is 25.0 Å². The molecule has 2 aromatic heterocycles. The van der Waals surface area contributed by atoms with Crippen molar-refractivity contribution in [3.05, 3.63) is 48.2 Å². The van der Waals surface area contributed by atoms with Crippen LogP contribution in [0.5, 0.6) is 23.7 Å². The first-order chi connectivity index (χ1) is 14.6. The Labute approximate surface area is 172 Å². The van der Waals surface area contributed by atoms with Gasteiger partial charge in [0, 0.05) is 31.3 Å². The van der Waals surface area contributed by atoms with Gasteiger partial charge in [-0.15, -0.1) is 4.98 Å². The number of halogens is 1. The molecule has 1 aliphatic heterocycles. The second-order valence-corrected chi connectivity index (χ2v) is 6.74. The molecule has 3 heterocycles. The molecule has 30 heavy (non-hydrogen) atoms. The first-order valence-electron chi connectivity index (χ1n) is 9.49. The zero-order chi connectivity index (χ0) is 20.9. The van der Waals surface area contributed by atoms with Crippen molar-refractivity contribution < 1.29 is 18.6 Å². The number of hydrogen-bond acceptors (Lipinski definition) is 9. The third-order valence-electron chi connectivity index (χ3n) is 4.72. The molecule has 1 unspecified atom stereocenters. The second kappa shape index (κ2) is 8.85.